The van der Waals surface area contributed by atoms with Crippen molar-refractivity contribution in [2.24, 2.45) is 10.9 Å². The van der Waals surface area contributed by atoms with Gasteiger partial charge in [-0.2, -0.15) is 13.2 Å². The van der Waals surface area contributed by atoms with E-state index in [1.165, 1.54) is 22.3 Å². The molecule has 3 aromatic heterocycles. The predicted molar refractivity (Wildman–Crippen MR) is 157 cm³/mol. The SMILES string of the molecule is C=C/N=C(\C(=C/C)c1ncc2[nH]c(=O)n(Cc3ccc(-c4nc(C(F)(F)F)cn4C4CN(C(C)=O)C4)cc3)c2n1)C(C)C. The first-order valence-corrected chi connectivity index (χ1v) is 13.7. The fourth-order valence-electron chi connectivity index (χ4n) is 5.09. The van der Waals surface area contributed by atoms with Crippen LogP contribution >= 0.6 is 0 Å². The van der Waals surface area contributed by atoms with Gasteiger partial charge in [0.2, 0.25) is 5.91 Å². The molecule has 0 aliphatic carbocycles. The second kappa shape index (κ2) is 11.5. The molecule has 1 aromatic carbocycles. The maximum atomic E-state index is 13.6. The van der Waals surface area contributed by atoms with Gasteiger partial charge in [-0.25, -0.2) is 19.7 Å². The number of halogens is 3. The molecule has 5 rings (SSSR count). The summed E-state index contributed by atoms with van der Waals surface area (Å²) in [5.74, 6) is 0.528. The summed E-state index contributed by atoms with van der Waals surface area (Å²) in [5.41, 5.74) is 2.22. The van der Waals surface area contributed by atoms with Crippen molar-refractivity contribution in [1.82, 2.24) is 34.0 Å². The summed E-state index contributed by atoms with van der Waals surface area (Å²) < 4.78 is 43.6. The minimum absolute atomic E-state index is 0.0793. The maximum absolute atomic E-state index is 13.6. The number of aromatic amines is 1. The number of amides is 1. The number of H-pyrrole nitrogens is 1. The third kappa shape index (κ3) is 5.79. The lowest BCUT2D eigenvalue weighted by atomic mass is 9.99. The van der Waals surface area contributed by atoms with E-state index in [0.717, 1.165) is 23.0 Å². The molecular formula is C30H31F3N8O2. The van der Waals surface area contributed by atoms with Crippen LogP contribution in [0.25, 0.3) is 28.1 Å². The Bertz CT molecular complexity index is 1800. The molecular weight excluding hydrogens is 561 g/mol. The lowest BCUT2D eigenvalue weighted by Gasteiger charge is -2.39. The number of alkyl halides is 3. The number of benzene rings is 1. The van der Waals surface area contributed by atoms with Crippen LogP contribution in [0.3, 0.4) is 0 Å². The van der Waals surface area contributed by atoms with Crippen molar-refractivity contribution in [3.8, 4) is 11.4 Å². The van der Waals surface area contributed by atoms with Crippen molar-refractivity contribution in [3.63, 3.8) is 0 Å². The number of aliphatic imine (C=N–C) groups is 1. The second-order valence-electron chi connectivity index (χ2n) is 10.6. The second-order valence-corrected chi connectivity index (χ2v) is 10.6. The summed E-state index contributed by atoms with van der Waals surface area (Å²) in [6.45, 7) is 11.8. The van der Waals surface area contributed by atoms with Gasteiger partial charge in [0, 0.05) is 43.5 Å². The average molecular weight is 593 g/mol. The highest BCUT2D eigenvalue weighted by Gasteiger charge is 2.38. The Morgan fingerprint density at radius 1 is 1.21 bits per heavy atom. The quantitative estimate of drug-likeness (QED) is 0.286. The lowest BCUT2D eigenvalue weighted by molar-refractivity contribution is -0.141. The molecule has 1 N–H and O–H groups in total. The van der Waals surface area contributed by atoms with Gasteiger partial charge in [0.05, 0.1) is 24.5 Å². The zero-order valence-electron chi connectivity index (χ0n) is 24.2. The van der Waals surface area contributed by atoms with E-state index < -0.39 is 11.9 Å². The summed E-state index contributed by atoms with van der Waals surface area (Å²) in [5, 5.41) is 0. The molecule has 1 aliphatic rings. The first kappa shape index (κ1) is 29.7. The minimum atomic E-state index is -4.61. The molecule has 0 bridgehead atoms. The third-order valence-corrected chi connectivity index (χ3v) is 7.37. The number of carbonyl (C=O) groups excluding carboxylic acids is 1. The zero-order valence-corrected chi connectivity index (χ0v) is 24.2. The van der Waals surface area contributed by atoms with Crippen LogP contribution in [-0.2, 0) is 17.5 Å². The van der Waals surface area contributed by atoms with Crippen LogP contribution in [0.15, 0.2) is 65.3 Å². The normalized spacial score (nSPS) is 14.9. The Labute approximate surface area is 245 Å². The molecule has 0 unspecified atom stereocenters. The molecule has 43 heavy (non-hydrogen) atoms. The van der Waals surface area contributed by atoms with Crippen molar-refractivity contribution in [3.05, 3.63) is 83.1 Å². The minimum Gasteiger partial charge on any atom is -0.339 e. The van der Waals surface area contributed by atoms with Crippen LogP contribution in [0, 0.1) is 5.92 Å². The van der Waals surface area contributed by atoms with Crippen LogP contribution in [-0.4, -0.2) is 58.7 Å². The molecule has 13 heteroatoms. The standard InChI is InChI=1S/C30H31F3N8O2/c1-6-22(25(17(3)4)34-7-2)26-35-12-23-28(38-26)41(29(43)36-23)13-19-8-10-20(11-9-19)27-37-24(30(31,32)33)16-40(27)21-14-39(15-21)18(5)42/h6-12,16-17,21H,2,13-15H2,1,3-5H3,(H,36,43)/b22-6+,34-25-. The van der Waals surface area contributed by atoms with E-state index in [-0.39, 0.29) is 35.9 Å². The zero-order chi connectivity index (χ0) is 31.1. The molecule has 0 spiro atoms. The van der Waals surface area contributed by atoms with Crippen LogP contribution < -0.4 is 5.69 Å². The number of rotatable bonds is 8. The van der Waals surface area contributed by atoms with E-state index >= 15 is 0 Å². The Morgan fingerprint density at radius 3 is 2.49 bits per heavy atom. The molecule has 4 aromatic rings. The van der Waals surface area contributed by atoms with Crippen molar-refractivity contribution in [2.45, 2.75) is 46.5 Å². The first-order chi connectivity index (χ1) is 20.4. The summed E-state index contributed by atoms with van der Waals surface area (Å²) in [7, 11) is 0. The van der Waals surface area contributed by atoms with Gasteiger partial charge < -0.3 is 14.5 Å². The van der Waals surface area contributed by atoms with E-state index in [0.29, 0.717) is 35.6 Å². The van der Waals surface area contributed by atoms with E-state index in [2.05, 4.69) is 26.5 Å². The highest BCUT2D eigenvalue weighted by atomic mass is 19.4. The molecule has 10 nitrogen and oxygen atoms in total. The van der Waals surface area contributed by atoms with Crippen LogP contribution in [0.2, 0.25) is 0 Å². The van der Waals surface area contributed by atoms with Crippen molar-refractivity contribution < 1.29 is 18.0 Å². The molecule has 0 atom stereocenters. The summed E-state index contributed by atoms with van der Waals surface area (Å²) >= 11 is 0. The number of fused-ring (bicyclic) bond motifs is 1. The molecule has 0 radical (unpaired) electrons. The van der Waals surface area contributed by atoms with E-state index in [9.17, 15) is 22.8 Å². The van der Waals surface area contributed by atoms with Crippen molar-refractivity contribution in [1.29, 1.82) is 0 Å². The number of allylic oxidation sites excluding steroid dienone is 2. The van der Waals surface area contributed by atoms with Gasteiger partial charge in [0.15, 0.2) is 17.2 Å². The van der Waals surface area contributed by atoms with Crippen molar-refractivity contribution in [2.75, 3.05) is 13.1 Å². The number of hydrogen-bond acceptors (Lipinski definition) is 6. The molecule has 1 amide bonds. The highest BCUT2D eigenvalue weighted by Crippen LogP contribution is 2.35. The number of hydrogen-bond donors (Lipinski definition) is 1. The Balaban J connectivity index is 1.46. The lowest BCUT2D eigenvalue weighted by Crippen LogP contribution is -2.49. The van der Waals surface area contributed by atoms with Gasteiger partial charge in [-0.1, -0.05) is 50.8 Å². The van der Waals surface area contributed by atoms with Gasteiger partial charge >= 0.3 is 11.9 Å². The smallest absolute Gasteiger partial charge is 0.339 e. The van der Waals surface area contributed by atoms with E-state index in [1.54, 1.807) is 35.4 Å². The molecule has 224 valence electrons. The number of imidazole rings is 2. The van der Waals surface area contributed by atoms with Gasteiger partial charge in [0.25, 0.3) is 0 Å². The Morgan fingerprint density at radius 2 is 1.91 bits per heavy atom. The Kier molecular flexibility index (Phi) is 7.91. The van der Waals surface area contributed by atoms with Crippen LogP contribution in [0.5, 0.6) is 0 Å². The highest BCUT2D eigenvalue weighted by molar-refractivity contribution is 6.24. The fraction of sp³-hybridized carbons (Fsp3) is 0.333. The summed E-state index contributed by atoms with van der Waals surface area (Å²) in [4.78, 5) is 46.3. The van der Waals surface area contributed by atoms with Gasteiger partial charge in [-0.3, -0.25) is 14.4 Å². The number of nitrogens with one attached hydrogen (secondary N) is 1. The fourth-order valence-corrected chi connectivity index (χ4v) is 5.09. The van der Waals surface area contributed by atoms with E-state index in [4.69, 9.17) is 4.98 Å². The number of likely N-dealkylation sites (tertiary alicyclic amines) is 1. The summed E-state index contributed by atoms with van der Waals surface area (Å²) in [6.07, 6.45) is 1.28. The topological polar surface area (TPSA) is 114 Å². The van der Waals surface area contributed by atoms with Gasteiger partial charge in [-0.05, 0) is 18.4 Å². The van der Waals surface area contributed by atoms with Gasteiger partial charge in [-0.15, -0.1) is 0 Å². The first-order valence-electron chi connectivity index (χ1n) is 13.7. The summed E-state index contributed by atoms with van der Waals surface area (Å²) in [6, 6.07) is 6.52. The molecule has 1 aliphatic heterocycles. The molecule has 0 saturated carbocycles. The monoisotopic (exact) mass is 592 g/mol. The van der Waals surface area contributed by atoms with Crippen LogP contribution in [0.4, 0.5) is 13.2 Å². The third-order valence-electron chi connectivity index (χ3n) is 7.37. The van der Waals surface area contributed by atoms with Crippen LogP contribution in [0.1, 0.15) is 50.8 Å². The predicted octanol–water partition coefficient (Wildman–Crippen LogP) is 5.10. The maximum Gasteiger partial charge on any atom is 0.434 e. The van der Waals surface area contributed by atoms with Gasteiger partial charge in [0.1, 0.15) is 11.3 Å². The number of carbonyl (C=O) groups is 1. The number of aromatic nitrogens is 6. The van der Waals surface area contributed by atoms with Crippen molar-refractivity contribution >= 4 is 28.4 Å². The average Bonchev–Trinajstić information content (AvgIpc) is 3.49. The molecule has 1 fully saturated rings. The Hall–Kier alpha value is -4.81. The number of nitrogens with zero attached hydrogens (tertiary/aromatic N) is 7. The molecule has 4 heterocycles. The largest absolute Gasteiger partial charge is 0.434 e. The van der Waals surface area contributed by atoms with E-state index in [1.807, 2.05) is 26.8 Å². The molecule has 1 saturated heterocycles.